The zero-order valence-corrected chi connectivity index (χ0v) is 8.77. The van der Waals surface area contributed by atoms with Crippen LogP contribution < -0.4 is 5.73 Å². The average Bonchev–Trinajstić information content (AvgIpc) is 2.66. The van der Waals surface area contributed by atoms with Crippen LogP contribution in [0.5, 0.6) is 0 Å². The SMILES string of the molecule is Cc1cccc(-c2nnc([C@@H](C)N)o2)c1. The zero-order valence-electron chi connectivity index (χ0n) is 8.77. The van der Waals surface area contributed by atoms with E-state index in [0.717, 1.165) is 11.1 Å². The molecule has 4 nitrogen and oxygen atoms in total. The molecule has 1 aromatic carbocycles. The van der Waals surface area contributed by atoms with Gasteiger partial charge >= 0.3 is 0 Å². The van der Waals surface area contributed by atoms with Crippen LogP contribution in [0.4, 0.5) is 0 Å². The molecular weight excluding hydrogens is 190 g/mol. The standard InChI is InChI=1S/C11H13N3O/c1-7-4-3-5-9(6-7)11-14-13-10(15-11)8(2)12/h3-6,8H,12H2,1-2H3/t8-/m1/s1. The van der Waals surface area contributed by atoms with Crippen molar-refractivity contribution < 1.29 is 4.42 Å². The first-order chi connectivity index (χ1) is 7.16. The topological polar surface area (TPSA) is 64.9 Å². The van der Waals surface area contributed by atoms with Crippen molar-refractivity contribution >= 4 is 0 Å². The van der Waals surface area contributed by atoms with E-state index in [1.807, 2.05) is 38.1 Å². The summed E-state index contributed by atoms with van der Waals surface area (Å²) in [4.78, 5) is 0. The van der Waals surface area contributed by atoms with E-state index < -0.39 is 0 Å². The van der Waals surface area contributed by atoms with Crippen molar-refractivity contribution in [3.8, 4) is 11.5 Å². The van der Waals surface area contributed by atoms with Crippen LogP contribution in [0.25, 0.3) is 11.5 Å². The minimum Gasteiger partial charge on any atom is -0.419 e. The van der Waals surface area contributed by atoms with Gasteiger partial charge in [-0.3, -0.25) is 0 Å². The molecule has 1 atom stereocenters. The predicted octanol–water partition coefficient (Wildman–Crippen LogP) is 2.06. The van der Waals surface area contributed by atoms with Gasteiger partial charge in [-0.05, 0) is 26.0 Å². The maximum Gasteiger partial charge on any atom is 0.247 e. The van der Waals surface area contributed by atoms with Gasteiger partial charge in [-0.2, -0.15) is 0 Å². The van der Waals surface area contributed by atoms with E-state index in [1.54, 1.807) is 0 Å². The minimum atomic E-state index is -0.226. The fourth-order valence-electron chi connectivity index (χ4n) is 1.31. The summed E-state index contributed by atoms with van der Waals surface area (Å²) in [6.07, 6.45) is 0. The van der Waals surface area contributed by atoms with Crippen LogP contribution in [-0.4, -0.2) is 10.2 Å². The van der Waals surface area contributed by atoms with Crippen molar-refractivity contribution in [2.24, 2.45) is 5.73 Å². The highest BCUT2D eigenvalue weighted by atomic mass is 16.4. The highest BCUT2D eigenvalue weighted by molar-refractivity contribution is 5.53. The second kappa shape index (κ2) is 3.82. The Morgan fingerprint density at radius 1 is 1.33 bits per heavy atom. The van der Waals surface area contributed by atoms with Gasteiger partial charge in [0.25, 0.3) is 0 Å². The smallest absolute Gasteiger partial charge is 0.247 e. The Balaban J connectivity index is 2.37. The van der Waals surface area contributed by atoms with Crippen molar-refractivity contribution in [1.82, 2.24) is 10.2 Å². The van der Waals surface area contributed by atoms with Crippen LogP contribution in [0.2, 0.25) is 0 Å². The Labute approximate surface area is 88.1 Å². The summed E-state index contributed by atoms with van der Waals surface area (Å²) in [6.45, 7) is 3.83. The fraction of sp³-hybridized carbons (Fsp3) is 0.273. The molecular formula is C11H13N3O. The van der Waals surface area contributed by atoms with Gasteiger partial charge in [0.2, 0.25) is 11.8 Å². The largest absolute Gasteiger partial charge is 0.419 e. The second-order valence-corrected chi connectivity index (χ2v) is 3.60. The second-order valence-electron chi connectivity index (χ2n) is 3.60. The first-order valence-corrected chi connectivity index (χ1v) is 4.83. The van der Waals surface area contributed by atoms with Gasteiger partial charge in [-0.25, -0.2) is 0 Å². The molecule has 0 saturated heterocycles. The molecule has 0 aliphatic rings. The molecule has 0 bridgehead atoms. The van der Waals surface area contributed by atoms with Crippen LogP contribution in [-0.2, 0) is 0 Å². The normalized spacial score (nSPS) is 12.7. The highest BCUT2D eigenvalue weighted by Crippen LogP contribution is 2.20. The number of nitrogens with two attached hydrogens (primary N) is 1. The van der Waals surface area contributed by atoms with Crippen molar-refractivity contribution in [2.45, 2.75) is 19.9 Å². The van der Waals surface area contributed by atoms with Crippen LogP contribution in [0, 0.1) is 6.92 Å². The number of rotatable bonds is 2. The van der Waals surface area contributed by atoms with E-state index in [0.29, 0.717) is 11.8 Å². The molecule has 0 aliphatic carbocycles. The van der Waals surface area contributed by atoms with Gasteiger partial charge in [0, 0.05) is 5.56 Å². The molecule has 1 heterocycles. The summed E-state index contributed by atoms with van der Waals surface area (Å²) in [5.74, 6) is 0.984. The van der Waals surface area contributed by atoms with E-state index in [-0.39, 0.29) is 6.04 Å². The summed E-state index contributed by atoms with van der Waals surface area (Å²) < 4.78 is 5.44. The molecule has 0 amide bonds. The first kappa shape index (κ1) is 9.86. The summed E-state index contributed by atoms with van der Waals surface area (Å²) in [6, 6.07) is 7.69. The Morgan fingerprint density at radius 3 is 2.73 bits per heavy atom. The van der Waals surface area contributed by atoms with E-state index in [2.05, 4.69) is 10.2 Å². The molecule has 0 radical (unpaired) electrons. The van der Waals surface area contributed by atoms with Gasteiger partial charge in [-0.15, -0.1) is 10.2 Å². The maximum atomic E-state index is 5.64. The van der Waals surface area contributed by atoms with Gasteiger partial charge in [0.1, 0.15) is 0 Å². The molecule has 0 saturated carbocycles. The molecule has 2 aromatic rings. The Morgan fingerprint density at radius 2 is 2.13 bits per heavy atom. The van der Waals surface area contributed by atoms with Crippen LogP contribution >= 0.6 is 0 Å². The Hall–Kier alpha value is -1.68. The molecule has 2 rings (SSSR count). The minimum absolute atomic E-state index is 0.226. The number of aromatic nitrogens is 2. The van der Waals surface area contributed by atoms with Crippen LogP contribution in [0.1, 0.15) is 24.4 Å². The molecule has 15 heavy (non-hydrogen) atoms. The molecule has 0 fully saturated rings. The third-order valence-corrected chi connectivity index (χ3v) is 2.10. The predicted molar refractivity (Wildman–Crippen MR) is 57.1 cm³/mol. The van der Waals surface area contributed by atoms with Crippen LogP contribution in [0.3, 0.4) is 0 Å². The lowest BCUT2D eigenvalue weighted by Gasteiger charge is -1.97. The number of aryl methyl sites for hydroxylation is 1. The van der Waals surface area contributed by atoms with Gasteiger partial charge in [0.15, 0.2) is 0 Å². The third kappa shape index (κ3) is 2.05. The third-order valence-electron chi connectivity index (χ3n) is 2.10. The monoisotopic (exact) mass is 203 g/mol. The number of hydrogen-bond donors (Lipinski definition) is 1. The number of nitrogens with zero attached hydrogens (tertiary/aromatic N) is 2. The summed E-state index contributed by atoms with van der Waals surface area (Å²) in [5, 5.41) is 7.83. The first-order valence-electron chi connectivity index (χ1n) is 4.83. The zero-order chi connectivity index (χ0) is 10.8. The summed E-state index contributed by atoms with van der Waals surface area (Å²) in [5.41, 5.74) is 7.72. The Kier molecular flexibility index (Phi) is 2.51. The van der Waals surface area contributed by atoms with Gasteiger partial charge < -0.3 is 10.2 Å². The Bertz CT molecular complexity index is 462. The lowest BCUT2D eigenvalue weighted by molar-refractivity contribution is 0.473. The van der Waals surface area contributed by atoms with Crippen molar-refractivity contribution in [1.29, 1.82) is 0 Å². The maximum absolute atomic E-state index is 5.64. The summed E-state index contributed by atoms with van der Waals surface area (Å²) in [7, 11) is 0. The lowest BCUT2D eigenvalue weighted by Crippen LogP contribution is -2.04. The molecule has 78 valence electrons. The van der Waals surface area contributed by atoms with E-state index in [9.17, 15) is 0 Å². The summed E-state index contributed by atoms with van der Waals surface area (Å²) >= 11 is 0. The van der Waals surface area contributed by atoms with Crippen molar-refractivity contribution in [3.63, 3.8) is 0 Å². The van der Waals surface area contributed by atoms with Crippen molar-refractivity contribution in [2.75, 3.05) is 0 Å². The molecule has 2 N–H and O–H groups in total. The van der Waals surface area contributed by atoms with Crippen LogP contribution in [0.15, 0.2) is 28.7 Å². The number of benzene rings is 1. The van der Waals surface area contributed by atoms with E-state index >= 15 is 0 Å². The molecule has 4 heteroatoms. The van der Waals surface area contributed by atoms with E-state index in [4.69, 9.17) is 10.2 Å². The highest BCUT2D eigenvalue weighted by Gasteiger charge is 2.11. The molecule has 1 aromatic heterocycles. The quantitative estimate of drug-likeness (QED) is 0.811. The lowest BCUT2D eigenvalue weighted by atomic mass is 10.1. The molecule has 0 aliphatic heterocycles. The van der Waals surface area contributed by atoms with E-state index in [1.165, 1.54) is 0 Å². The van der Waals surface area contributed by atoms with Gasteiger partial charge in [0.05, 0.1) is 6.04 Å². The molecule has 0 spiro atoms. The average molecular weight is 203 g/mol. The molecule has 0 unspecified atom stereocenters. The fourth-order valence-corrected chi connectivity index (χ4v) is 1.31. The van der Waals surface area contributed by atoms with Gasteiger partial charge in [-0.1, -0.05) is 17.7 Å². The van der Waals surface area contributed by atoms with Crippen molar-refractivity contribution in [3.05, 3.63) is 35.7 Å². The number of hydrogen-bond acceptors (Lipinski definition) is 4.